The van der Waals surface area contributed by atoms with E-state index in [1.165, 1.54) is 12.8 Å². The van der Waals surface area contributed by atoms with E-state index in [1.807, 2.05) is 24.4 Å². The first-order valence-electron chi connectivity index (χ1n) is 8.01. The van der Waals surface area contributed by atoms with Crippen LogP contribution in [0.1, 0.15) is 38.5 Å². The van der Waals surface area contributed by atoms with Crippen LogP contribution in [-0.4, -0.2) is 45.4 Å². The summed E-state index contributed by atoms with van der Waals surface area (Å²) < 4.78 is 5.33. The van der Waals surface area contributed by atoms with Gasteiger partial charge in [0.15, 0.2) is 0 Å². The second-order valence-corrected chi connectivity index (χ2v) is 6.96. The predicted octanol–water partition coefficient (Wildman–Crippen LogP) is 2.97. The summed E-state index contributed by atoms with van der Waals surface area (Å²) in [6, 6.07) is 4.53. The molecule has 1 N–H and O–H groups in total. The van der Waals surface area contributed by atoms with Gasteiger partial charge in [0.1, 0.15) is 0 Å². The number of likely N-dealkylation sites (tertiary alicyclic amines) is 1. The van der Waals surface area contributed by atoms with E-state index in [1.54, 1.807) is 11.3 Å². The second-order valence-electron chi connectivity index (χ2n) is 6.01. The van der Waals surface area contributed by atoms with Crippen LogP contribution < -0.4 is 0 Å². The fourth-order valence-electron chi connectivity index (χ4n) is 3.15. The predicted molar refractivity (Wildman–Crippen MR) is 86.8 cm³/mol. The smallest absolute Gasteiger partial charge is 0.227 e. The minimum absolute atomic E-state index is 0.213. The molecule has 3 rings (SSSR count). The SMILES string of the molecule is CC(O)CC1CCCN1CCCc1nc(-c2cccs2)no1. The highest BCUT2D eigenvalue weighted by atomic mass is 32.1. The van der Waals surface area contributed by atoms with E-state index in [2.05, 4.69) is 15.0 Å². The number of aliphatic hydroxyl groups is 1. The first-order valence-corrected chi connectivity index (χ1v) is 8.89. The summed E-state index contributed by atoms with van der Waals surface area (Å²) in [5.41, 5.74) is 0. The molecule has 3 heterocycles. The Bertz CT molecular complexity index is 568. The van der Waals surface area contributed by atoms with Crippen LogP contribution in [0.5, 0.6) is 0 Å². The van der Waals surface area contributed by atoms with Gasteiger partial charge in [-0.25, -0.2) is 0 Å². The lowest BCUT2D eigenvalue weighted by Crippen LogP contribution is -2.32. The zero-order chi connectivity index (χ0) is 15.4. The van der Waals surface area contributed by atoms with Gasteiger partial charge in [0.2, 0.25) is 11.7 Å². The van der Waals surface area contributed by atoms with Gasteiger partial charge >= 0.3 is 0 Å². The number of hydrogen-bond acceptors (Lipinski definition) is 6. The lowest BCUT2D eigenvalue weighted by Gasteiger charge is -2.25. The Morgan fingerprint density at radius 2 is 2.45 bits per heavy atom. The summed E-state index contributed by atoms with van der Waals surface area (Å²) in [6.07, 6.45) is 4.94. The fraction of sp³-hybridized carbons (Fsp3) is 0.625. The van der Waals surface area contributed by atoms with Crippen molar-refractivity contribution in [1.82, 2.24) is 15.0 Å². The summed E-state index contributed by atoms with van der Waals surface area (Å²) in [7, 11) is 0. The third-order valence-corrected chi connectivity index (χ3v) is 5.02. The molecular weight excluding hydrogens is 298 g/mol. The molecule has 0 spiro atoms. The van der Waals surface area contributed by atoms with Crippen molar-refractivity contribution in [2.45, 2.75) is 51.2 Å². The summed E-state index contributed by atoms with van der Waals surface area (Å²) in [4.78, 5) is 8.00. The molecule has 0 amide bonds. The van der Waals surface area contributed by atoms with E-state index >= 15 is 0 Å². The number of rotatable bonds is 7. The van der Waals surface area contributed by atoms with Crippen molar-refractivity contribution in [3.05, 3.63) is 23.4 Å². The Hall–Kier alpha value is -1.24. The molecule has 1 fully saturated rings. The van der Waals surface area contributed by atoms with Crippen LogP contribution >= 0.6 is 11.3 Å². The molecule has 22 heavy (non-hydrogen) atoms. The van der Waals surface area contributed by atoms with Crippen LogP contribution in [0.3, 0.4) is 0 Å². The molecule has 0 aromatic carbocycles. The zero-order valence-corrected chi connectivity index (χ0v) is 13.8. The van der Waals surface area contributed by atoms with E-state index in [-0.39, 0.29) is 6.10 Å². The van der Waals surface area contributed by atoms with E-state index in [9.17, 15) is 5.11 Å². The maximum absolute atomic E-state index is 9.57. The molecule has 0 aliphatic carbocycles. The van der Waals surface area contributed by atoms with Gasteiger partial charge in [0, 0.05) is 12.5 Å². The van der Waals surface area contributed by atoms with Crippen molar-refractivity contribution >= 4 is 11.3 Å². The number of nitrogens with zero attached hydrogens (tertiary/aromatic N) is 3. The Labute approximate surface area is 135 Å². The van der Waals surface area contributed by atoms with Gasteiger partial charge in [0.05, 0.1) is 11.0 Å². The van der Waals surface area contributed by atoms with Crippen LogP contribution in [0.2, 0.25) is 0 Å². The molecule has 1 aliphatic heterocycles. The topological polar surface area (TPSA) is 62.4 Å². The van der Waals surface area contributed by atoms with E-state index in [0.29, 0.717) is 11.9 Å². The van der Waals surface area contributed by atoms with Gasteiger partial charge in [-0.15, -0.1) is 11.3 Å². The van der Waals surface area contributed by atoms with Crippen molar-refractivity contribution in [3.8, 4) is 10.7 Å². The van der Waals surface area contributed by atoms with Crippen LogP contribution in [0.4, 0.5) is 0 Å². The average Bonchev–Trinajstić information content (AvgIpc) is 3.19. The molecule has 2 aromatic rings. The number of aliphatic hydroxyl groups excluding tert-OH is 1. The van der Waals surface area contributed by atoms with Crippen molar-refractivity contribution in [3.63, 3.8) is 0 Å². The molecule has 0 radical (unpaired) electrons. The largest absolute Gasteiger partial charge is 0.393 e. The van der Waals surface area contributed by atoms with E-state index in [0.717, 1.165) is 43.1 Å². The summed E-state index contributed by atoms with van der Waals surface area (Å²) >= 11 is 1.62. The Morgan fingerprint density at radius 3 is 3.23 bits per heavy atom. The van der Waals surface area contributed by atoms with Gasteiger partial charge in [-0.3, -0.25) is 0 Å². The van der Waals surface area contributed by atoms with Crippen molar-refractivity contribution < 1.29 is 9.63 Å². The molecule has 2 atom stereocenters. The fourth-order valence-corrected chi connectivity index (χ4v) is 3.80. The Kier molecular flexibility index (Phi) is 5.23. The third kappa shape index (κ3) is 3.94. The summed E-state index contributed by atoms with van der Waals surface area (Å²) in [6.45, 7) is 4.05. The van der Waals surface area contributed by atoms with Crippen molar-refractivity contribution in [1.29, 1.82) is 0 Å². The lowest BCUT2D eigenvalue weighted by atomic mass is 10.1. The molecule has 0 saturated carbocycles. The Balaban J connectivity index is 1.47. The van der Waals surface area contributed by atoms with Gasteiger partial charge in [0.25, 0.3) is 0 Å². The third-order valence-electron chi connectivity index (χ3n) is 4.16. The molecular formula is C16H23N3O2S. The van der Waals surface area contributed by atoms with Crippen molar-refractivity contribution in [2.24, 2.45) is 0 Å². The summed E-state index contributed by atoms with van der Waals surface area (Å²) in [5, 5.41) is 15.6. The number of aryl methyl sites for hydroxylation is 1. The molecule has 120 valence electrons. The van der Waals surface area contributed by atoms with Gasteiger partial charge in [-0.05, 0) is 57.1 Å². The lowest BCUT2D eigenvalue weighted by molar-refractivity contribution is 0.133. The van der Waals surface area contributed by atoms with Crippen molar-refractivity contribution in [2.75, 3.05) is 13.1 Å². The van der Waals surface area contributed by atoms with Gasteiger partial charge in [-0.1, -0.05) is 11.2 Å². The van der Waals surface area contributed by atoms with E-state index < -0.39 is 0 Å². The molecule has 2 unspecified atom stereocenters. The molecule has 6 heteroatoms. The second kappa shape index (κ2) is 7.35. The standard InChI is InChI=1S/C16H23N3O2S/c1-12(20)11-13-5-2-8-19(13)9-3-7-15-17-16(18-21-15)14-6-4-10-22-14/h4,6,10,12-13,20H,2-3,5,7-9,11H2,1H3. The number of hydrogen-bond donors (Lipinski definition) is 1. The Morgan fingerprint density at radius 1 is 1.55 bits per heavy atom. The quantitative estimate of drug-likeness (QED) is 0.849. The van der Waals surface area contributed by atoms with Crippen LogP contribution in [0.25, 0.3) is 10.7 Å². The minimum atomic E-state index is -0.213. The first kappa shape index (κ1) is 15.6. The monoisotopic (exact) mass is 321 g/mol. The minimum Gasteiger partial charge on any atom is -0.393 e. The van der Waals surface area contributed by atoms with Crippen LogP contribution in [0.15, 0.2) is 22.0 Å². The van der Waals surface area contributed by atoms with E-state index in [4.69, 9.17) is 4.52 Å². The maximum atomic E-state index is 9.57. The molecule has 1 aliphatic rings. The van der Waals surface area contributed by atoms with Gasteiger partial charge < -0.3 is 14.5 Å². The van der Waals surface area contributed by atoms with Gasteiger partial charge in [-0.2, -0.15) is 4.98 Å². The van der Waals surface area contributed by atoms with Crippen LogP contribution in [0, 0.1) is 0 Å². The maximum Gasteiger partial charge on any atom is 0.227 e. The highest BCUT2D eigenvalue weighted by Crippen LogP contribution is 2.23. The number of thiophene rings is 1. The summed E-state index contributed by atoms with van der Waals surface area (Å²) in [5.74, 6) is 1.41. The molecule has 0 bridgehead atoms. The number of aromatic nitrogens is 2. The highest BCUT2D eigenvalue weighted by Gasteiger charge is 2.25. The van der Waals surface area contributed by atoms with Crippen LogP contribution in [-0.2, 0) is 6.42 Å². The molecule has 1 saturated heterocycles. The highest BCUT2D eigenvalue weighted by molar-refractivity contribution is 7.13. The first-order chi connectivity index (χ1) is 10.7. The zero-order valence-electron chi connectivity index (χ0n) is 12.9. The molecule has 5 nitrogen and oxygen atoms in total. The molecule has 2 aromatic heterocycles. The normalized spacial score (nSPS) is 20.5. The average molecular weight is 321 g/mol.